The molecule has 39 nitrogen and oxygen atoms in total. The van der Waals surface area contributed by atoms with Gasteiger partial charge in [-0.05, 0) is 278 Å². The van der Waals surface area contributed by atoms with Crippen molar-refractivity contribution in [2.45, 2.75) is 43.0 Å². The summed E-state index contributed by atoms with van der Waals surface area (Å²) in [5, 5.41) is 156. The lowest BCUT2D eigenvalue weighted by Crippen LogP contribution is -2.51. The van der Waals surface area contributed by atoms with Crippen LogP contribution >= 0.6 is 271 Å². The highest BCUT2D eigenvalue weighted by atomic mass is 127. The molecule has 6 unspecified atom stereocenters. The van der Waals surface area contributed by atoms with Gasteiger partial charge >= 0.3 is 0 Å². The Labute approximate surface area is 805 Å². The Morgan fingerprint density at radius 3 is 0.850 bits per heavy atom. The number of aliphatic hydroxyl groups is 14. The molecule has 6 atom stereocenters. The van der Waals surface area contributed by atoms with Crippen LogP contribution in [0, 0.1) is 42.8 Å². The molecule has 626 valence electrons. The average molecular weight is 2940 g/mol. The SMILES string of the molecule is CN(CCCNC(=O)c1c(I)c(NC(=O)CO)c(I)c(C(=O)NCC(O)CO)c1I)C(=O)c1c(I)c(NC(=O)CO)c(I)c(C(=O)NCC(O)CO)c1I.O.O=C(NCC(O)CO)c1c(I)c(NC(=O)C(O)CO)c(I)c(C(=O)N2CCN(C(=O)c3c(I)c(NC(=O)C(O)CO)c(I)c(C(=O)NCC(O)CO)c3I)CC2)c1I. The van der Waals surface area contributed by atoms with Gasteiger partial charge in [-0.2, -0.15) is 0 Å². The maximum Gasteiger partial charge on any atom is 0.256 e. The van der Waals surface area contributed by atoms with Gasteiger partial charge in [-0.1, -0.05) is 0 Å². The van der Waals surface area contributed by atoms with E-state index in [1.165, 1.54) is 21.7 Å². The summed E-state index contributed by atoms with van der Waals surface area (Å²) in [7, 11) is 1.50. The minimum atomic E-state index is -1.82. The summed E-state index contributed by atoms with van der Waals surface area (Å²) >= 11 is 21.8. The lowest BCUT2D eigenvalue weighted by atomic mass is 10.0. The van der Waals surface area contributed by atoms with Crippen LogP contribution in [-0.4, -0.2) is 325 Å². The molecule has 0 bridgehead atoms. The van der Waals surface area contributed by atoms with Crippen molar-refractivity contribution < 1.29 is 135 Å². The zero-order chi connectivity index (χ0) is 84.8. The van der Waals surface area contributed by atoms with Crippen molar-refractivity contribution in [3.63, 3.8) is 0 Å². The molecule has 4 aromatic rings. The smallest absolute Gasteiger partial charge is 0.256 e. The van der Waals surface area contributed by atoms with E-state index in [0.29, 0.717) is 0 Å². The van der Waals surface area contributed by atoms with Crippen LogP contribution in [0.5, 0.6) is 0 Å². The van der Waals surface area contributed by atoms with Crippen LogP contribution in [0.4, 0.5) is 22.7 Å². The monoisotopic (exact) mass is 2940 g/mol. The Morgan fingerprint density at radius 1 is 0.345 bits per heavy atom. The second-order valence-electron chi connectivity index (χ2n) is 23.2. The number of amides is 12. The quantitative estimate of drug-likeness (QED) is 0.0179. The lowest BCUT2D eigenvalue weighted by Gasteiger charge is -2.36. The molecule has 1 heterocycles. The highest BCUT2D eigenvalue weighted by molar-refractivity contribution is 14.1. The van der Waals surface area contributed by atoms with Gasteiger partial charge in [0, 0.05) is 86.8 Å². The van der Waals surface area contributed by atoms with Gasteiger partial charge in [0.15, 0.2) is 12.2 Å². The molecule has 25 N–H and O–H groups in total. The largest absolute Gasteiger partial charge is 0.412 e. The predicted molar refractivity (Wildman–Crippen MR) is 504 cm³/mol. The highest BCUT2D eigenvalue weighted by Gasteiger charge is 2.38. The molecule has 0 aromatic heterocycles. The number of hydrogen-bond acceptors (Lipinski definition) is 26. The first-order valence-corrected chi connectivity index (χ1v) is 44.8. The third kappa shape index (κ3) is 28.1. The van der Waals surface area contributed by atoms with Crippen molar-refractivity contribution in [1.29, 1.82) is 0 Å². The van der Waals surface area contributed by atoms with Crippen molar-refractivity contribution in [2.75, 3.05) is 147 Å². The minimum absolute atomic E-state index is 0. The summed E-state index contributed by atoms with van der Waals surface area (Å²) in [6.07, 6.45) is -8.46. The van der Waals surface area contributed by atoms with Crippen LogP contribution < -0.4 is 47.9 Å². The molecule has 1 saturated heterocycles. The number of hydrogen-bond donors (Lipinski definition) is 23. The number of carbonyl (C=O) groups excluding carboxylic acids is 12. The number of benzene rings is 4. The number of halogens is 12. The summed E-state index contributed by atoms with van der Waals surface area (Å²) < 4.78 is 2.65. The number of piperazine rings is 1. The predicted octanol–water partition coefficient (Wildman–Crippen LogP) is -1.93. The number of nitrogens with one attached hydrogen (secondary N) is 9. The van der Waals surface area contributed by atoms with Gasteiger partial charge in [-0.25, -0.2) is 0 Å². The molecule has 0 saturated carbocycles. The lowest BCUT2D eigenvalue weighted by molar-refractivity contribution is -0.126. The van der Waals surface area contributed by atoms with E-state index in [0.717, 1.165) is 0 Å². The van der Waals surface area contributed by atoms with E-state index < -0.39 is 160 Å². The van der Waals surface area contributed by atoms with Crippen molar-refractivity contribution in [1.82, 2.24) is 41.3 Å². The standard InChI is InChI=1S/C32H36I6N6O14.C30H34I6N6O12.H2O/c33-19-15(29(55)39-5-11(49)7-45)21(35)25(41-27(53)13(51)9-47)23(37)17(19)31(57)43-1-2-44(4-3-43)32(58)18-20(34)16(30(56)40-6-12(50)8-46)22(36)26(24(18)38)42-28(54)14(52)10-48;1-42(30(54)18-20(32)17(29(53)39-6-12(48)8-44)23(35)26(24(18)36)41-14(50)10-46)4-2-3-37-27(51)15-19(31)16(28(52)38-5-11(47)7-43)22(34)25(21(15)33)40-13(49)9-45;/h11-14,45-52H,1-10H2,(H,39,55)(H,40,56)(H,41,53)(H,42,54);11-12,43-48H,2-10H2,1H3,(H,37,51)(H,38,52)(H,39,53)(H,40,49)(H,41,50);1H2. The molecule has 1 aliphatic rings. The van der Waals surface area contributed by atoms with Crippen LogP contribution in [0.1, 0.15) is 89.3 Å². The second kappa shape index (κ2) is 50.9. The molecule has 4 aromatic carbocycles. The number of anilines is 4. The van der Waals surface area contributed by atoms with E-state index >= 15 is 0 Å². The zero-order valence-electron chi connectivity index (χ0n) is 57.9. The summed E-state index contributed by atoms with van der Waals surface area (Å²) in [6.45, 7) is -7.27. The molecule has 12 amide bonds. The van der Waals surface area contributed by atoms with Crippen LogP contribution in [0.2, 0.25) is 0 Å². The summed E-state index contributed by atoms with van der Waals surface area (Å²) in [5.74, 6) is -8.81. The van der Waals surface area contributed by atoms with Crippen molar-refractivity contribution >= 4 is 365 Å². The van der Waals surface area contributed by atoms with Gasteiger partial charge < -0.3 is 140 Å². The van der Waals surface area contributed by atoms with Crippen LogP contribution in [0.3, 0.4) is 0 Å². The molecule has 113 heavy (non-hydrogen) atoms. The molecule has 51 heteroatoms. The first kappa shape index (κ1) is 106. The highest BCUT2D eigenvalue weighted by Crippen LogP contribution is 2.41. The Balaban J connectivity index is 0.000000582. The van der Waals surface area contributed by atoms with Gasteiger partial charge in [0.1, 0.15) is 13.2 Å². The van der Waals surface area contributed by atoms with Crippen LogP contribution in [0.25, 0.3) is 0 Å². The topological polar surface area (TPSA) is 638 Å². The number of rotatable bonds is 34. The maximum absolute atomic E-state index is 14.3. The van der Waals surface area contributed by atoms with Crippen LogP contribution in [0.15, 0.2) is 0 Å². The Hall–Kier alpha value is -1.32. The van der Waals surface area contributed by atoms with E-state index in [9.17, 15) is 119 Å². The van der Waals surface area contributed by atoms with Crippen molar-refractivity contribution in [3.05, 3.63) is 87.3 Å². The number of carbonyl (C=O) groups is 12. The molecule has 0 spiro atoms. The summed E-state index contributed by atoms with van der Waals surface area (Å²) in [4.78, 5) is 163. The van der Waals surface area contributed by atoms with Crippen LogP contribution in [-0.2, 0) is 19.2 Å². The third-order valence-corrected chi connectivity index (χ3v) is 28.2. The summed E-state index contributed by atoms with van der Waals surface area (Å²) in [6, 6.07) is 0. The minimum Gasteiger partial charge on any atom is -0.412 e. The number of aliphatic hydroxyl groups excluding tert-OH is 14. The first-order valence-electron chi connectivity index (χ1n) is 31.9. The van der Waals surface area contributed by atoms with Gasteiger partial charge in [-0.3, -0.25) is 57.5 Å². The molecule has 0 radical (unpaired) electrons. The van der Waals surface area contributed by atoms with Crippen molar-refractivity contribution in [3.8, 4) is 0 Å². The fourth-order valence-electron chi connectivity index (χ4n) is 9.37. The fraction of sp³-hybridized carbons (Fsp3) is 0.419. The number of nitrogens with zero attached hydrogens (tertiary/aromatic N) is 3. The van der Waals surface area contributed by atoms with Gasteiger partial charge in [0.05, 0.1) is 160 Å². The Bertz CT molecular complexity index is 4110. The molecule has 1 fully saturated rings. The summed E-state index contributed by atoms with van der Waals surface area (Å²) in [5.41, 5.74) is 0.235. The Kier molecular flexibility index (Phi) is 47.7. The van der Waals surface area contributed by atoms with E-state index in [4.69, 9.17) is 10.2 Å². The Morgan fingerprint density at radius 2 is 0.584 bits per heavy atom. The van der Waals surface area contributed by atoms with Gasteiger partial charge in [-0.15, -0.1) is 0 Å². The average Bonchev–Trinajstić information content (AvgIpc) is 0.777. The molecule has 0 aliphatic carbocycles. The van der Waals surface area contributed by atoms with E-state index in [1.807, 2.05) is 226 Å². The fourth-order valence-corrected chi connectivity index (χ4v) is 27.0. The van der Waals surface area contributed by atoms with E-state index in [1.54, 1.807) is 45.2 Å². The molecular weight excluding hydrogens is 2870 g/mol. The molecular formula is C62H72I12N12O27. The normalized spacial score (nSPS) is 13.4. The molecule has 1 aliphatic heterocycles. The second-order valence-corrected chi connectivity index (χ2v) is 36.1. The van der Waals surface area contributed by atoms with Gasteiger partial charge in [0.25, 0.3) is 59.1 Å². The van der Waals surface area contributed by atoms with Gasteiger partial charge in [0.2, 0.25) is 11.8 Å². The maximum atomic E-state index is 14.3. The van der Waals surface area contributed by atoms with E-state index in [2.05, 4.69) is 47.9 Å². The van der Waals surface area contributed by atoms with E-state index in [-0.39, 0.29) is 187 Å². The zero-order valence-corrected chi connectivity index (χ0v) is 83.8. The molecule has 5 rings (SSSR count). The first-order chi connectivity index (χ1) is 52.6. The van der Waals surface area contributed by atoms with Crippen molar-refractivity contribution in [2.24, 2.45) is 0 Å². The third-order valence-electron chi connectivity index (χ3n) is 15.3.